The molecule has 2 amide bonds. The van der Waals surface area contributed by atoms with Gasteiger partial charge in [0.25, 0.3) is 11.8 Å². The van der Waals surface area contributed by atoms with Gasteiger partial charge in [-0.05, 0) is 66.2 Å². The van der Waals surface area contributed by atoms with Crippen molar-refractivity contribution in [1.82, 2.24) is 10.2 Å². The fourth-order valence-electron chi connectivity index (χ4n) is 4.02. The van der Waals surface area contributed by atoms with Gasteiger partial charge in [0.05, 0.1) is 12.0 Å². The molecule has 1 aliphatic heterocycles. The van der Waals surface area contributed by atoms with Gasteiger partial charge in [-0.2, -0.15) is 0 Å². The smallest absolute Gasteiger partial charge is 0.311 e. The van der Waals surface area contributed by atoms with Gasteiger partial charge in [0.1, 0.15) is 11.6 Å². The maximum Gasteiger partial charge on any atom is 0.311 e. The van der Waals surface area contributed by atoms with Crippen LogP contribution in [0.2, 0.25) is 0 Å². The number of rotatable bonds is 7. The second kappa shape index (κ2) is 11.2. The van der Waals surface area contributed by atoms with Crippen molar-refractivity contribution in [1.29, 1.82) is 0 Å². The molecule has 0 spiro atoms. The zero-order chi connectivity index (χ0) is 24.8. The van der Waals surface area contributed by atoms with Crippen LogP contribution in [0, 0.1) is 17.6 Å². The molecule has 2 heterocycles. The number of ether oxygens (including phenoxy) is 1. The number of esters is 1. The van der Waals surface area contributed by atoms with E-state index in [1.807, 2.05) is 17.5 Å². The molecule has 4 rings (SSSR count). The van der Waals surface area contributed by atoms with Crippen molar-refractivity contribution in [2.24, 2.45) is 5.92 Å². The number of piperidine rings is 1. The molecule has 2 aromatic carbocycles. The van der Waals surface area contributed by atoms with Gasteiger partial charge in [0.15, 0.2) is 6.61 Å². The summed E-state index contributed by atoms with van der Waals surface area (Å²) in [5, 5.41) is 4.72. The van der Waals surface area contributed by atoms with Gasteiger partial charge in [0.2, 0.25) is 0 Å². The Hall–Kier alpha value is -3.59. The first-order valence-electron chi connectivity index (χ1n) is 11.2. The minimum absolute atomic E-state index is 0.171. The van der Waals surface area contributed by atoms with E-state index >= 15 is 0 Å². The predicted molar refractivity (Wildman–Crippen MR) is 127 cm³/mol. The highest BCUT2D eigenvalue weighted by molar-refractivity contribution is 7.10. The number of benzene rings is 2. The number of thiophene rings is 1. The van der Waals surface area contributed by atoms with Crippen molar-refractivity contribution in [3.05, 3.63) is 93.7 Å². The predicted octanol–water partition coefficient (Wildman–Crippen LogP) is 4.33. The van der Waals surface area contributed by atoms with Gasteiger partial charge in [-0.1, -0.05) is 18.2 Å². The van der Waals surface area contributed by atoms with E-state index in [0.29, 0.717) is 30.5 Å². The third-order valence-electron chi connectivity index (χ3n) is 5.81. The molecule has 0 saturated carbocycles. The van der Waals surface area contributed by atoms with Crippen molar-refractivity contribution in [3.8, 4) is 0 Å². The minimum Gasteiger partial charge on any atom is -0.455 e. The molecule has 35 heavy (non-hydrogen) atoms. The van der Waals surface area contributed by atoms with E-state index < -0.39 is 36.3 Å². The summed E-state index contributed by atoms with van der Waals surface area (Å²) in [5.74, 6) is -2.68. The number of halogens is 2. The van der Waals surface area contributed by atoms with Crippen molar-refractivity contribution in [2.45, 2.75) is 18.9 Å². The average molecular weight is 499 g/mol. The first kappa shape index (κ1) is 24.5. The van der Waals surface area contributed by atoms with E-state index in [4.69, 9.17) is 4.74 Å². The summed E-state index contributed by atoms with van der Waals surface area (Å²) in [7, 11) is 0. The van der Waals surface area contributed by atoms with Crippen molar-refractivity contribution in [2.75, 3.05) is 19.7 Å². The fourth-order valence-corrected chi connectivity index (χ4v) is 4.82. The number of nitrogens with zero attached hydrogens (tertiary/aromatic N) is 1. The van der Waals surface area contributed by atoms with Crippen molar-refractivity contribution < 1.29 is 27.9 Å². The third kappa shape index (κ3) is 6.30. The zero-order valence-corrected chi connectivity index (χ0v) is 19.6. The molecule has 3 aromatic rings. The highest BCUT2D eigenvalue weighted by Crippen LogP contribution is 2.26. The Bertz CT molecular complexity index is 1170. The molecule has 1 N–H and O–H groups in total. The Morgan fingerprint density at radius 2 is 1.71 bits per heavy atom. The van der Waals surface area contributed by atoms with Gasteiger partial charge >= 0.3 is 5.97 Å². The molecule has 0 aliphatic carbocycles. The summed E-state index contributed by atoms with van der Waals surface area (Å²) in [6.07, 6.45) is 1.16. The molecule has 182 valence electrons. The first-order valence-corrected chi connectivity index (χ1v) is 12.1. The van der Waals surface area contributed by atoms with E-state index in [1.165, 1.54) is 47.7 Å². The average Bonchev–Trinajstić information content (AvgIpc) is 3.41. The lowest BCUT2D eigenvalue weighted by molar-refractivity contribution is -0.154. The largest absolute Gasteiger partial charge is 0.455 e. The number of carbonyl (C=O) groups excluding carboxylic acids is 3. The summed E-state index contributed by atoms with van der Waals surface area (Å²) >= 11 is 1.45. The van der Waals surface area contributed by atoms with Gasteiger partial charge < -0.3 is 15.0 Å². The van der Waals surface area contributed by atoms with Crippen LogP contribution in [0.1, 0.15) is 39.7 Å². The van der Waals surface area contributed by atoms with Crippen LogP contribution in [0.5, 0.6) is 0 Å². The molecule has 6 nitrogen and oxygen atoms in total. The number of hydrogen-bond donors (Lipinski definition) is 1. The van der Waals surface area contributed by atoms with Crippen LogP contribution >= 0.6 is 11.3 Å². The first-order chi connectivity index (χ1) is 16.9. The van der Waals surface area contributed by atoms with Gasteiger partial charge in [0, 0.05) is 23.5 Å². The second-order valence-corrected chi connectivity index (χ2v) is 9.25. The summed E-state index contributed by atoms with van der Waals surface area (Å²) < 4.78 is 31.8. The molecule has 1 fully saturated rings. The van der Waals surface area contributed by atoms with E-state index in [9.17, 15) is 23.2 Å². The van der Waals surface area contributed by atoms with E-state index in [0.717, 1.165) is 4.88 Å². The summed E-state index contributed by atoms with van der Waals surface area (Å²) in [6.45, 7) is 0.189. The number of nitrogens with one attached hydrogen (secondary N) is 1. The maximum atomic E-state index is 13.3. The van der Waals surface area contributed by atoms with Crippen LogP contribution in [0.3, 0.4) is 0 Å². The molecular formula is C26H24F2N2O4S. The standard InChI is InChI=1S/C26H24F2N2O4S/c27-20-9-5-17(6-10-20)24(22-4-2-14-35-22)29-23(31)16-34-26(33)19-3-1-13-30(15-19)25(32)18-7-11-21(28)12-8-18/h2,4-12,14,19,24H,1,3,13,15-16H2,(H,29,31). The van der Waals surface area contributed by atoms with Crippen molar-refractivity contribution >= 4 is 29.1 Å². The number of amides is 2. The lowest BCUT2D eigenvalue weighted by Gasteiger charge is -2.31. The van der Waals surface area contributed by atoms with Gasteiger partial charge in [-0.15, -0.1) is 11.3 Å². The van der Waals surface area contributed by atoms with Crippen LogP contribution in [0.15, 0.2) is 66.0 Å². The summed E-state index contributed by atoms with van der Waals surface area (Å²) in [5.41, 5.74) is 1.05. The van der Waals surface area contributed by atoms with Crippen LogP contribution < -0.4 is 5.32 Å². The molecule has 1 saturated heterocycles. The quantitative estimate of drug-likeness (QED) is 0.492. The Labute approximate surface area is 205 Å². The minimum atomic E-state index is -0.550. The van der Waals surface area contributed by atoms with E-state index in [1.54, 1.807) is 17.0 Å². The summed E-state index contributed by atoms with van der Waals surface area (Å²) in [4.78, 5) is 40.4. The topological polar surface area (TPSA) is 75.7 Å². The molecule has 2 atom stereocenters. The zero-order valence-electron chi connectivity index (χ0n) is 18.8. The van der Waals surface area contributed by atoms with Crippen LogP contribution in [0.4, 0.5) is 8.78 Å². The van der Waals surface area contributed by atoms with E-state index in [2.05, 4.69) is 5.32 Å². The molecule has 0 radical (unpaired) electrons. The van der Waals surface area contributed by atoms with E-state index in [-0.39, 0.29) is 18.3 Å². The number of carbonyl (C=O) groups is 3. The highest BCUT2D eigenvalue weighted by Gasteiger charge is 2.30. The number of likely N-dealkylation sites (tertiary alicyclic amines) is 1. The highest BCUT2D eigenvalue weighted by atomic mass is 32.1. The molecule has 9 heteroatoms. The monoisotopic (exact) mass is 498 g/mol. The van der Waals surface area contributed by atoms with Gasteiger partial charge in [-0.25, -0.2) is 8.78 Å². The lowest BCUT2D eigenvalue weighted by atomic mass is 9.97. The maximum absolute atomic E-state index is 13.3. The number of hydrogen-bond acceptors (Lipinski definition) is 5. The molecule has 1 aliphatic rings. The third-order valence-corrected chi connectivity index (χ3v) is 6.75. The lowest BCUT2D eigenvalue weighted by Crippen LogP contribution is -2.43. The summed E-state index contributed by atoms with van der Waals surface area (Å²) in [6, 6.07) is 14.3. The SMILES string of the molecule is O=C(COC(=O)C1CCCN(C(=O)c2ccc(F)cc2)C1)NC(c1ccc(F)cc1)c1cccs1. The normalized spacial score (nSPS) is 16.4. The van der Waals surface area contributed by atoms with Crippen molar-refractivity contribution in [3.63, 3.8) is 0 Å². The Balaban J connectivity index is 1.33. The van der Waals surface area contributed by atoms with Gasteiger partial charge in [-0.3, -0.25) is 14.4 Å². The molecule has 2 unspecified atom stereocenters. The molecule has 1 aromatic heterocycles. The molecule has 0 bridgehead atoms. The Kier molecular flexibility index (Phi) is 7.87. The van der Waals surface area contributed by atoms with Crippen LogP contribution in [-0.2, 0) is 14.3 Å². The molecular weight excluding hydrogens is 474 g/mol. The van der Waals surface area contributed by atoms with Crippen LogP contribution in [0.25, 0.3) is 0 Å². The second-order valence-electron chi connectivity index (χ2n) is 8.27. The fraction of sp³-hybridized carbons (Fsp3) is 0.269. The Morgan fingerprint density at radius 1 is 1.03 bits per heavy atom. The Morgan fingerprint density at radius 3 is 2.37 bits per heavy atom. The van der Waals surface area contributed by atoms with Crippen LogP contribution in [-0.4, -0.2) is 42.4 Å².